The van der Waals surface area contributed by atoms with Gasteiger partial charge in [0.1, 0.15) is 5.78 Å². The summed E-state index contributed by atoms with van der Waals surface area (Å²) in [5.74, 6) is 0.318. The molecular formula is C11H19NO. The molecule has 74 valence electrons. The van der Waals surface area contributed by atoms with Gasteiger partial charge in [-0.15, -0.1) is 0 Å². The first-order valence-electron chi connectivity index (χ1n) is 5.16. The van der Waals surface area contributed by atoms with E-state index < -0.39 is 0 Å². The fourth-order valence-electron chi connectivity index (χ4n) is 1.60. The summed E-state index contributed by atoms with van der Waals surface area (Å²) < 4.78 is 0. The molecule has 0 aliphatic carbocycles. The van der Waals surface area contributed by atoms with Crippen molar-refractivity contribution in [2.75, 3.05) is 19.6 Å². The summed E-state index contributed by atoms with van der Waals surface area (Å²) in [4.78, 5) is 13.1. The molecule has 0 atom stereocenters. The molecule has 0 aromatic heterocycles. The molecular weight excluding hydrogens is 162 g/mol. The molecule has 1 heterocycles. The van der Waals surface area contributed by atoms with E-state index in [1.165, 1.54) is 13.0 Å². The number of rotatable bonds is 5. The number of hydrogen-bond acceptors (Lipinski definition) is 2. The molecule has 0 radical (unpaired) electrons. The Morgan fingerprint density at radius 3 is 2.85 bits per heavy atom. The van der Waals surface area contributed by atoms with Crippen LogP contribution in [0, 0.1) is 0 Å². The van der Waals surface area contributed by atoms with E-state index >= 15 is 0 Å². The lowest BCUT2D eigenvalue weighted by Crippen LogP contribution is -2.28. The van der Waals surface area contributed by atoms with Crippen molar-refractivity contribution >= 4 is 5.78 Å². The molecule has 1 aliphatic rings. The Morgan fingerprint density at radius 1 is 1.38 bits per heavy atom. The molecule has 1 rings (SSSR count). The second-order valence-electron chi connectivity index (χ2n) is 3.72. The molecule has 0 saturated heterocycles. The molecule has 0 aromatic rings. The van der Waals surface area contributed by atoms with Crippen molar-refractivity contribution < 1.29 is 4.79 Å². The number of unbranched alkanes of at least 4 members (excludes halogenated alkanes) is 1. The summed E-state index contributed by atoms with van der Waals surface area (Å²) in [6.45, 7) is 5.11. The minimum Gasteiger partial charge on any atom is -0.300 e. The third-order valence-corrected chi connectivity index (χ3v) is 2.40. The predicted molar refractivity (Wildman–Crippen MR) is 54.7 cm³/mol. The Labute approximate surface area is 80.6 Å². The monoisotopic (exact) mass is 181 g/mol. The van der Waals surface area contributed by atoms with Gasteiger partial charge in [0, 0.05) is 19.5 Å². The first-order valence-corrected chi connectivity index (χ1v) is 5.16. The predicted octanol–water partition coefficient (Wildman–Crippen LogP) is 2.01. The highest BCUT2D eigenvalue weighted by Crippen LogP contribution is 2.04. The van der Waals surface area contributed by atoms with Crippen LogP contribution < -0.4 is 0 Å². The van der Waals surface area contributed by atoms with Crippen molar-refractivity contribution in [3.63, 3.8) is 0 Å². The van der Waals surface area contributed by atoms with Crippen LogP contribution in [0.2, 0.25) is 0 Å². The molecule has 0 amide bonds. The molecule has 0 aromatic carbocycles. The third kappa shape index (κ3) is 4.83. The Hall–Kier alpha value is -0.630. The SMILES string of the molecule is CC(=O)CCCCN1CC=CCC1. The number of Topliss-reactive ketones (excluding diaryl/α,β-unsaturated/α-hetero) is 1. The van der Waals surface area contributed by atoms with E-state index in [1.807, 2.05) is 0 Å². The third-order valence-electron chi connectivity index (χ3n) is 2.40. The van der Waals surface area contributed by atoms with Gasteiger partial charge in [0.15, 0.2) is 0 Å². The van der Waals surface area contributed by atoms with Crippen LogP contribution in [0.1, 0.15) is 32.6 Å². The highest BCUT2D eigenvalue weighted by Gasteiger charge is 2.04. The average molecular weight is 181 g/mol. The lowest BCUT2D eigenvalue weighted by molar-refractivity contribution is -0.117. The van der Waals surface area contributed by atoms with Crippen molar-refractivity contribution in [1.29, 1.82) is 0 Å². The van der Waals surface area contributed by atoms with Crippen LogP contribution in [0.5, 0.6) is 0 Å². The normalized spacial score (nSPS) is 17.6. The van der Waals surface area contributed by atoms with Gasteiger partial charge < -0.3 is 4.79 Å². The average Bonchev–Trinajstić information content (AvgIpc) is 2.14. The zero-order valence-corrected chi connectivity index (χ0v) is 8.46. The van der Waals surface area contributed by atoms with E-state index in [2.05, 4.69) is 17.1 Å². The van der Waals surface area contributed by atoms with Crippen molar-refractivity contribution in [2.45, 2.75) is 32.6 Å². The van der Waals surface area contributed by atoms with E-state index in [9.17, 15) is 4.79 Å². The lowest BCUT2D eigenvalue weighted by Gasteiger charge is -2.22. The minimum atomic E-state index is 0.318. The Kier molecular flexibility index (Phi) is 4.76. The Morgan fingerprint density at radius 2 is 2.23 bits per heavy atom. The lowest BCUT2D eigenvalue weighted by atomic mass is 10.1. The number of hydrogen-bond donors (Lipinski definition) is 0. The highest BCUT2D eigenvalue weighted by molar-refractivity contribution is 5.75. The topological polar surface area (TPSA) is 20.3 Å². The van der Waals surface area contributed by atoms with Crippen LogP contribution in [0.25, 0.3) is 0 Å². The van der Waals surface area contributed by atoms with Gasteiger partial charge in [-0.25, -0.2) is 0 Å². The molecule has 0 spiro atoms. The fraction of sp³-hybridized carbons (Fsp3) is 0.727. The Bertz CT molecular complexity index is 187. The molecule has 2 heteroatoms. The van der Waals surface area contributed by atoms with Gasteiger partial charge in [-0.3, -0.25) is 4.90 Å². The van der Waals surface area contributed by atoms with E-state index in [0.717, 1.165) is 32.4 Å². The summed E-state index contributed by atoms with van der Waals surface area (Å²) in [6.07, 6.45) is 8.62. The van der Waals surface area contributed by atoms with Crippen LogP contribution in [0.4, 0.5) is 0 Å². The highest BCUT2D eigenvalue weighted by atomic mass is 16.1. The molecule has 0 saturated carbocycles. The molecule has 1 aliphatic heterocycles. The Balaban J connectivity index is 1.99. The standard InChI is InChI=1S/C11H19NO/c1-11(13)7-3-6-10-12-8-4-2-5-9-12/h2,4H,3,5-10H2,1H3. The molecule has 0 bridgehead atoms. The van der Waals surface area contributed by atoms with Crippen LogP contribution in [0.3, 0.4) is 0 Å². The zero-order valence-electron chi connectivity index (χ0n) is 8.46. The van der Waals surface area contributed by atoms with Gasteiger partial charge in [-0.1, -0.05) is 12.2 Å². The van der Waals surface area contributed by atoms with Crippen LogP contribution in [-0.4, -0.2) is 30.3 Å². The number of carbonyl (C=O) groups excluding carboxylic acids is 1. The maximum absolute atomic E-state index is 10.7. The van der Waals surface area contributed by atoms with Crippen LogP contribution >= 0.6 is 0 Å². The second kappa shape index (κ2) is 5.92. The van der Waals surface area contributed by atoms with Gasteiger partial charge in [-0.2, -0.15) is 0 Å². The van der Waals surface area contributed by atoms with Crippen molar-refractivity contribution in [3.8, 4) is 0 Å². The minimum absolute atomic E-state index is 0.318. The molecule has 13 heavy (non-hydrogen) atoms. The summed E-state index contributed by atoms with van der Waals surface area (Å²) in [7, 11) is 0. The van der Waals surface area contributed by atoms with E-state index in [0.29, 0.717) is 5.78 Å². The summed E-state index contributed by atoms with van der Waals surface area (Å²) in [5, 5.41) is 0. The number of carbonyl (C=O) groups is 1. The van der Waals surface area contributed by atoms with Crippen molar-refractivity contribution in [2.24, 2.45) is 0 Å². The zero-order chi connectivity index (χ0) is 9.52. The largest absolute Gasteiger partial charge is 0.300 e. The van der Waals surface area contributed by atoms with Gasteiger partial charge in [0.05, 0.1) is 0 Å². The smallest absolute Gasteiger partial charge is 0.129 e. The van der Waals surface area contributed by atoms with E-state index in [-0.39, 0.29) is 0 Å². The van der Waals surface area contributed by atoms with E-state index in [1.54, 1.807) is 6.92 Å². The van der Waals surface area contributed by atoms with Gasteiger partial charge in [0.2, 0.25) is 0 Å². The summed E-state index contributed by atoms with van der Waals surface area (Å²) in [6, 6.07) is 0. The fourth-order valence-corrected chi connectivity index (χ4v) is 1.60. The maximum atomic E-state index is 10.7. The molecule has 0 fully saturated rings. The van der Waals surface area contributed by atoms with Gasteiger partial charge in [0.25, 0.3) is 0 Å². The first-order chi connectivity index (χ1) is 6.29. The molecule has 2 nitrogen and oxygen atoms in total. The number of nitrogens with zero attached hydrogens (tertiary/aromatic N) is 1. The van der Waals surface area contributed by atoms with Crippen LogP contribution in [-0.2, 0) is 4.79 Å². The number of ketones is 1. The van der Waals surface area contributed by atoms with Crippen molar-refractivity contribution in [1.82, 2.24) is 4.90 Å². The van der Waals surface area contributed by atoms with Gasteiger partial charge >= 0.3 is 0 Å². The summed E-state index contributed by atoms with van der Waals surface area (Å²) >= 11 is 0. The molecule has 0 unspecified atom stereocenters. The maximum Gasteiger partial charge on any atom is 0.129 e. The second-order valence-corrected chi connectivity index (χ2v) is 3.72. The quantitative estimate of drug-likeness (QED) is 0.477. The van der Waals surface area contributed by atoms with Gasteiger partial charge in [-0.05, 0) is 32.7 Å². The first kappa shape index (κ1) is 10.5. The molecule has 0 N–H and O–H groups in total. The van der Waals surface area contributed by atoms with Crippen molar-refractivity contribution in [3.05, 3.63) is 12.2 Å². The van der Waals surface area contributed by atoms with Crippen LogP contribution in [0.15, 0.2) is 12.2 Å². The van der Waals surface area contributed by atoms with E-state index in [4.69, 9.17) is 0 Å². The summed E-state index contributed by atoms with van der Waals surface area (Å²) in [5.41, 5.74) is 0.